The van der Waals surface area contributed by atoms with E-state index >= 15 is 0 Å². The lowest BCUT2D eigenvalue weighted by Crippen LogP contribution is -2.54. The fourth-order valence-corrected chi connectivity index (χ4v) is 5.76. The molecule has 210 valence electrons. The van der Waals surface area contributed by atoms with Gasteiger partial charge < -0.3 is 25.0 Å². The number of hydrogen-bond acceptors (Lipinski definition) is 8. The van der Waals surface area contributed by atoms with Gasteiger partial charge >= 0.3 is 6.01 Å². The third kappa shape index (κ3) is 5.44. The second-order valence-electron chi connectivity index (χ2n) is 11.0. The van der Waals surface area contributed by atoms with Crippen LogP contribution < -0.4 is 20.3 Å². The van der Waals surface area contributed by atoms with E-state index in [0.29, 0.717) is 47.5 Å². The molecule has 0 radical (unpaired) electrons. The summed E-state index contributed by atoms with van der Waals surface area (Å²) in [5.74, 6) is -0.616. The summed E-state index contributed by atoms with van der Waals surface area (Å²) in [4.78, 5) is 25.1. The number of fused-ring (bicyclic) bond motifs is 2. The van der Waals surface area contributed by atoms with Gasteiger partial charge in [-0.3, -0.25) is 9.48 Å². The molecular weight excluding hydrogens is 513 g/mol. The smallest absolute Gasteiger partial charge is 0.316 e. The van der Waals surface area contributed by atoms with Crippen LogP contribution >= 0.6 is 0 Å². The van der Waals surface area contributed by atoms with Gasteiger partial charge in [0.15, 0.2) is 5.82 Å². The number of anilines is 2. The molecule has 2 saturated heterocycles. The van der Waals surface area contributed by atoms with Gasteiger partial charge in [-0.05, 0) is 51.0 Å². The van der Waals surface area contributed by atoms with Crippen LogP contribution in [-0.4, -0.2) is 70.6 Å². The van der Waals surface area contributed by atoms with E-state index in [-0.39, 0.29) is 17.4 Å². The Kier molecular flexibility index (Phi) is 7.24. The van der Waals surface area contributed by atoms with Crippen molar-refractivity contribution in [2.45, 2.75) is 38.8 Å². The molecule has 3 atom stereocenters. The molecule has 11 heteroatoms. The highest BCUT2D eigenvalue weighted by molar-refractivity contribution is 6.14. The first kappa shape index (κ1) is 26.4. The van der Waals surface area contributed by atoms with Gasteiger partial charge in [0.2, 0.25) is 0 Å². The van der Waals surface area contributed by atoms with E-state index in [1.807, 2.05) is 6.07 Å². The van der Waals surface area contributed by atoms with Crippen LogP contribution in [0.25, 0.3) is 21.8 Å². The maximum Gasteiger partial charge on any atom is 0.316 e. The monoisotopic (exact) mass is 547 g/mol. The topological polar surface area (TPSA) is 106 Å². The molecule has 4 aromatic rings. The molecule has 0 bridgehead atoms. The van der Waals surface area contributed by atoms with Crippen LogP contribution in [0.3, 0.4) is 0 Å². The summed E-state index contributed by atoms with van der Waals surface area (Å²) in [5, 5.41) is 11.9. The predicted molar refractivity (Wildman–Crippen MR) is 151 cm³/mol. The van der Waals surface area contributed by atoms with Crippen molar-refractivity contribution in [2.75, 3.05) is 43.1 Å². The number of hydrogen-bond donors (Lipinski definition) is 2. The lowest BCUT2D eigenvalue weighted by Gasteiger charge is -2.38. The summed E-state index contributed by atoms with van der Waals surface area (Å²) >= 11 is 0. The molecule has 0 spiro atoms. The number of nitrogens with zero attached hydrogens (tertiary/aromatic N) is 5. The minimum Gasteiger partial charge on any atom is -0.463 e. The highest BCUT2D eigenvalue weighted by Crippen LogP contribution is 2.31. The number of aromatic nitrogens is 4. The lowest BCUT2D eigenvalue weighted by molar-refractivity contribution is 0.0336. The molecule has 2 aliphatic rings. The number of benzene rings is 2. The Morgan fingerprint density at radius 2 is 2.05 bits per heavy atom. The molecule has 2 aromatic heterocycles. The normalized spacial score (nSPS) is 21.6. The average Bonchev–Trinajstić information content (AvgIpc) is 3.32. The second kappa shape index (κ2) is 11.0. The van der Waals surface area contributed by atoms with Crippen molar-refractivity contribution in [3.05, 3.63) is 48.0 Å². The zero-order valence-electron chi connectivity index (χ0n) is 23.0. The van der Waals surface area contributed by atoms with E-state index in [1.54, 1.807) is 36.3 Å². The number of nitrogens with one attached hydrogen (secondary N) is 2. The van der Waals surface area contributed by atoms with E-state index in [2.05, 4.69) is 39.5 Å². The van der Waals surface area contributed by atoms with Crippen molar-refractivity contribution in [3.63, 3.8) is 0 Å². The molecule has 2 aromatic carbocycles. The summed E-state index contributed by atoms with van der Waals surface area (Å²) in [6.45, 7) is 7.83. The summed E-state index contributed by atoms with van der Waals surface area (Å²) < 4.78 is 27.8. The number of carbonyl (C=O) groups excluding carboxylic acids is 1. The quantitative estimate of drug-likeness (QED) is 0.375. The molecule has 0 saturated carbocycles. The van der Waals surface area contributed by atoms with Gasteiger partial charge in [-0.15, -0.1) is 0 Å². The van der Waals surface area contributed by atoms with Crippen LogP contribution in [0.1, 0.15) is 37.0 Å². The van der Waals surface area contributed by atoms with Crippen molar-refractivity contribution in [2.24, 2.45) is 13.0 Å². The van der Waals surface area contributed by atoms with E-state index in [1.165, 1.54) is 6.07 Å². The van der Waals surface area contributed by atoms with Gasteiger partial charge in [-0.25, -0.2) is 9.37 Å². The van der Waals surface area contributed by atoms with Crippen LogP contribution in [0.4, 0.5) is 15.8 Å². The first-order chi connectivity index (χ1) is 19.3. The van der Waals surface area contributed by atoms with Gasteiger partial charge in [0.05, 0.1) is 24.3 Å². The molecule has 10 nitrogen and oxygen atoms in total. The first-order valence-electron chi connectivity index (χ1n) is 13.8. The number of amides is 1. The maximum absolute atomic E-state index is 14.7. The first-order valence-corrected chi connectivity index (χ1v) is 13.8. The molecular formula is C29H34FN7O3. The molecule has 2 aliphatic heterocycles. The van der Waals surface area contributed by atoms with Crippen molar-refractivity contribution >= 4 is 39.1 Å². The number of rotatable bonds is 6. The number of aryl methyl sites for hydroxylation is 1. The molecule has 4 heterocycles. The maximum atomic E-state index is 14.7. The Hall–Kier alpha value is -3.83. The summed E-state index contributed by atoms with van der Waals surface area (Å²) in [6.07, 6.45) is 5.48. The second-order valence-corrected chi connectivity index (χ2v) is 11.0. The van der Waals surface area contributed by atoms with Crippen molar-refractivity contribution in [1.82, 2.24) is 25.1 Å². The van der Waals surface area contributed by atoms with Gasteiger partial charge in [0.25, 0.3) is 5.91 Å². The van der Waals surface area contributed by atoms with E-state index in [4.69, 9.17) is 14.5 Å². The van der Waals surface area contributed by atoms with E-state index in [0.717, 1.165) is 43.6 Å². The molecule has 1 amide bonds. The minimum atomic E-state index is -0.500. The van der Waals surface area contributed by atoms with Gasteiger partial charge in [0, 0.05) is 79.3 Å². The third-order valence-corrected chi connectivity index (χ3v) is 7.49. The van der Waals surface area contributed by atoms with E-state index in [9.17, 15) is 9.18 Å². The summed E-state index contributed by atoms with van der Waals surface area (Å²) in [6, 6.07) is 7.53. The zero-order valence-corrected chi connectivity index (χ0v) is 23.0. The van der Waals surface area contributed by atoms with Gasteiger partial charge in [-0.2, -0.15) is 10.1 Å². The Balaban J connectivity index is 1.34. The molecule has 0 aliphatic carbocycles. The van der Waals surface area contributed by atoms with Crippen LogP contribution in [-0.2, 0) is 11.8 Å². The number of carbonyl (C=O) groups is 1. The molecule has 6 rings (SSSR count). The minimum absolute atomic E-state index is 0.217. The van der Waals surface area contributed by atoms with Crippen LogP contribution in [0.2, 0.25) is 0 Å². The molecule has 2 fully saturated rings. The fourth-order valence-electron chi connectivity index (χ4n) is 5.76. The SMILES string of the molecule is CC1CN(c2ccc(C(=O)Nc3cc(F)c4nn(C)cc4c3)c3nc(OCC4CCCOC4)ncc23)C[C@@H](C)N1. The largest absolute Gasteiger partial charge is 0.463 e. The third-order valence-electron chi connectivity index (χ3n) is 7.49. The predicted octanol–water partition coefficient (Wildman–Crippen LogP) is 3.90. The number of halogens is 1. The zero-order chi connectivity index (χ0) is 27.8. The molecule has 2 unspecified atom stereocenters. The van der Waals surface area contributed by atoms with Gasteiger partial charge in [0.1, 0.15) is 5.52 Å². The summed E-state index contributed by atoms with van der Waals surface area (Å²) in [5.41, 5.74) is 2.40. The summed E-state index contributed by atoms with van der Waals surface area (Å²) in [7, 11) is 1.73. The molecule has 40 heavy (non-hydrogen) atoms. The van der Waals surface area contributed by atoms with Crippen LogP contribution in [0.15, 0.2) is 36.7 Å². The van der Waals surface area contributed by atoms with Crippen LogP contribution in [0, 0.1) is 11.7 Å². The molecule has 2 N–H and O–H groups in total. The highest BCUT2D eigenvalue weighted by atomic mass is 19.1. The van der Waals surface area contributed by atoms with E-state index < -0.39 is 11.7 Å². The number of piperazine rings is 1. The Labute approximate surface area is 231 Å². The fraction of sp³-hybridized carbons (Fsp3) is 0.448. The van der Waals surface area contributed by atoms with Crippen molar-refractivity contribution in [3.8, 4) is 6.01 Å². The standard InChI is InChI=1S/C29H34FN7O3/c1-17-12-37(13-18(2)32-17)25-7-6-22(28(38)33-21-9-20-14-36(3)35-26(20)24(30)10-21)27-23(25)11-31-29(34-27)40-16-19-5-4-8-39-15-19/h6-7,9-11,14,17-19,32H,4-5,8,12-13,15-16H2,1-3H3,(H,33,38)/t17-,18?,19?/m1/s1. The van der Waals surface area contributed by atoms with Crippen molar-refractivity contribution < 1.29 is 18.7 Å². The van der Waals surface area contributed by atoms with Crippen molar-refractivity contribution in [1.29, 1.82) is 0 Å². The average molecular weight is 548 g/mol. The highest BCUT2D eigenvalue weighted by Gasteiger charge is 2.25. The Morgan fingerprint density at radius 3 is 2.83 bits per heavy atom. The Morgan fingerprint density at radius 1 is 1.23 bits per heavy atom. The van der Waals surface area contributed by atoms with Gasteiger partial charge in [-0.1, -0.05) is 0 Å². The lowest BCUT2D eigenvalue weighted by atomic mass is 10.0. The van der Waals surface area contributed by atoms with Crippen LogP contribution in [0.5, 0.6) is 6.01 Å². The number of ether oxygens (including phenoxy) is 2. The Bertz CT molecular complexity index is 1540.